The van der Waals surface area contributed by atoms with Crippen LogP contribution in [0.5, 0.6) is 0 Å². The van der Waals surface area contributed by atoms with Crippen LogP contribution in [0.1, 0.15) is 26.3 Å². The molecular formula is C13H20FNO. The lowest BCUT2D eigenvalue weighted by Crippen LogP contribution is -2.23. The van der Waals surface area contributed by atoms with E-state index in [-0.39, 0.29) is 11.4 Å². The molecule has 0 aliphatic rings. The summed E-state index contributed by atoms with van der Waals surface area (Å²) in [5.74, 6) is -0.200. The van der Waals surface area contributed by atoms with E-state index in [1.807, 2.05) is 27.7 Å². The molecule has 0 bridgehead atoms. The smallest absolute Gasteiger partial charge is 0.123 e. The maximum absolute atomic E-state index is 12.8. The Morgan fingerprint density at radius 3 is 2.56 bits per heavy atom. The minimum atomic E-state index is -0.200. The Morgan fingerprint density at radius 1 is 1.31 bits per heavy atom. The van der Waals surface area contributed by atoms with E-state index in [0.29, 0.717) is 6.61 Å². The largest absolute Gasteiger partial charge is 0.383 e. The Labute approximate surface area is 96.8 Å². The van der Waals surface area contributed by atoms with Crippen LogP contribution in [0.4, 0.5) is 10.1 Å². The zero-order valence-corrected chi connectivity index (χ0v) is 10.4. The summed E-state index contributed by atoms with van der Waals surface area (Å²) in [6.45, 7) is 9.32. The normalized spacial score (nSPS) is 11.6. The van der Waals surface area contributed by atoms with E-state index in [4.69, 9.17) is 4.74 Å². The molecule has 0 amide bonds. The molecule has 0 unspecified atom stereocenters. The van der Waals surface area contributed by atoms with Crippen LogP contribution in [0.15, 0.2) is 18.2 Å². The molecule has 0 saturated carbocycles. The Hall–Kier alpha value is -1.09. The van der Waals surface area contributed by atoms with Gasteiger partial charge in [0.05, 0.1) is 12.2 Å². The molecule has 3 heteroatoms. The summed E-state index contributed by atoms with van der Waals surface area (Å²) < 4.78 is 18.4. The summed E-state index contributed by atoms with van der Waals surface area (Å²) >= 11 is 0. The van der Waals surface area contributed by atoms with Crippen molar-refractivity contribution >= 4 is 5.69 Å². The van der Waals surface area contributed by atoms with Crippen LogP contribution >= 0.6 is 0 Å². The lowest BCUT2D eigenvalue weighted by Gasteiger charge is -2.20. The molecular weight excluding hydrogens is 205 g/mol. The monoisotopic (exact) mass is 225 g/mol. The van der Waals surface area contributed by atoms with Crippen LogP contribution in [0.2, 0.25) is 0 Å². The molecule has 0 aliphatic carbocycles. The highest BCUT2D eigenvalue weighted by Gasteiger charge is 2.09. The summed E-state index contributed by atoms with van der Waals surface area (Å²) in [6, 6.07) is 4.73. The van der Waals surface area contributed by atoms with Crippen LogP contribution in [0.3, 0.4) is 0 Å². The van der Waals surface area contributed by atoms with E-state index in [1.165, 1.54) is 12.1 Å². The summed E-state index contributed by atoms with van der Waals surface area (Å²) in [5, 5.41) is 3.22. The van der Waals surface area contributed by atoms with Crippen LogP contribution < -0.4 is 5.32 Å². The van der Waals surface area contributed by atoms with Crippen molar-refractivity contribution in [3.63, 3.8) is 0 Å². The molecule has 1 N–H and O–H groups in total. The van der Waals surface area contributed by atoms with E-state index >= 15 is 0 Å². The predicted molar refractivity (Wildman–Crippen MR) is 65.3 cm³/mol. The number of rotatable bonds is 4. The molecule has 16 heavy (non-hydrogen) atoms. The number of nitrogens with one attached hydrogen (secondary N) is 1. The van der Waals surface area contributed by atoms with Gasteiger partial charge in [-0.3, -0.25) is 0 Å². The van der Waals surface area contributed by atoms with E-state index in [0.717, 1.165) is 17.8 Å². The molecule has 0 aliphatic heterocycles. The highest BCUT2D eigenvalue weighted by Crippen LogP contribution is 2.15. The van der Waals surface area contributed by atoms with E-state index < -0.39 is 0 Å². The Kier molecular flexibility index (Phi) is 4.30. The molecule has 1 aromatic rings. The molecule has 0 atom stereocenters. The highest BCUT2D eigenvalue weighted by atomic mass is 19.1. The van der Waals surface area contributed by atoms with E-state index in [1.54, 1.807) is 6.07 Å². The van der Waals surface area contributed by atoms with Crippen molar-refractivity contribution in [3.8, 4) is 0 Å². The first-order valence-electron chi connectivity index (χ1n) is 5.52. The third kappa shape index (κ3) is 4.62. The Morgan fingerprint density at radius 2 is 2.00 bits per heavy atom. The van der Waals surface area contributed by atoms with Crippen molar-refractivity contribution < 1.29 is 9.13 Å². The molecule has 0 heterocycles. The number of hydrogen-bond acceptors (Lipinski definition) is 2. The van der Waals surface area contributed by atoms with Gasteiger partial charge in [0.1, 0.15) is 5.82 Å². The molecule has 0 aromatic heterocycles. The third-order valence-corrected chi connectivity index (χ3v) is 2.14. The second-order valence-electron chi connectivity index (χ2n) is 4.85. The second-order valence-corrected chi connectivity index (χ2v) is 4.85. The second kappa shape index (κ2) is 5.30. The number of aryl methyl sites for hydroxylation is 1. The van der Waals surface area contributed by atoms with Gasteiger partial charge in [0.2, 0.25) is 0 Å². The number of ether oxygens (including phenoxy) is 1. The van der Waals surface area contributed by atoms with Gasteiger partial charge in [-0.2, -0.15) is 0 Å². The van der Waals surface area contributed by atoms with Gasteiger partial charge in [0, 0.05) is 12.2 Å². The zero-order valence-electron chi connectivity index (χ0n) is 10.4. The molecule has 1 rings (SSSR count). The first kappa shape index (κ1) is 13.0. The highest BCUT2D eigenvalue weighted by molar-refractivity contribution is 5.50. The number of hydrogen-bond donors (Lipinski definition) is 1. The molecule has 90 valence electrons. The van der Waals surface area contributed by atoms with Gasteiger partial charge >= 0.3 is 0 Å². The standard InChI is InChI=1S/C13H20FNO/c1-10-9-11(14)5-6-12(10)15-7-8-16-13(2,3)4/h5-6,9,15H,7-8H2,1-4H3. The fourth-order valence-corrected chi connectivity index (χ4v) is 1.37. The topological polar surface area (TPSA) is 21.3 Å². The lowest BCUT2D eigenvalue weighted by atomic mass is 10.2. The van der Waals surface area contributed by atoms with Gasteiger partial charge in [-0.15, -0.1) is 0 Å². The minimum absolute atomic E-state index is 0.112. The predicted octanol–water partition coefficient (Wildman–Crippen LogP) is 3.36. The zero-order chi connectivity index (χ0) is 12.2. The molecule has 1 aromatic carbocycles. The quantitative estimate of drug-likeness (QED) is 0.793. The van der Waals surface area contributed by atoms with Gasteiger partial charge in [0.25, 0.3) is 0 Å². The van der Waals surface area contributed by atoms with Gasteiger partial charge in [-0.1, -0.05) is 0 Å². The molecule has 2 nitrogen and oxygen atoms in total. The first-order chi connectivity index (χ1) is 7.38. The summed E-state index contributed by atoms with van der Waals surface area (Å²) in [4.78, 5) is 0. The minimum Gasteiger partial charge on any atom is -0.383 e. The summed E-state index contributed by atoms with van der Waals surface area (Å²) in [7, 11) is 0. The molecule has 0 radical (unpaired) electrons. The van der Waals surface area contributed by atoms with Crippen molar-refractivity contribution in [2.75, 3.05) is 18.5 Å². The van der Waals surface area contributed by atoms with Crippen LogP contribution in [-0.4, -0.2) is 18.8 Å². The van der Waals surface area contributed by atoms with Crippen molar-refractivity contribution in [2.45, 2.75) is 33.3 Å². The Balaban J connectivity index is 2.38. The molecule has 0 saturated heterocycles. The van der Waals surface area contributed by atoms with Gasteiger partial charge in [0.15, 0.2) is 0 Å². The van der Waals surface area contributed by atoms with Crippen molar-refractivity contribution in [1.29, 1.82) is 0 Å². The van der Waals surface area contributed by atoms with Gasteiger partial charge in [-0.25, -0.2) is 4.39 Å². The maximum atomic E-state index is 12.8. The SMILES string of the molecule is Cc1cc(F)ccc1NCCOC(C)(C)C. The van der Waals surface area contributed by atoms with Crippen LogP contribution in [0.25, 0.3) is 0 Å². The number of anilines is 1. The first-order valence-corrected chi connectivity index (χ1v) is 5.52. The fourth-order valence-electron chi connectivity index (χ4n) is 1.37. The molecule has 0 fully saturated rings. The van der Waals surface area contributed by atoms with Crippen LogP contribution in [0, 0.1) is 12.7 Å². The maximum Gasteiger partial charge on any atom is 0.123 e. The van der Waals surface area contributed by atoms with E-state index in [9.17, 15) is 4.39 Å². The third-order valence-electron chi connectivity index (χ3n) is 2.14. The van der Waals surface area contributed by atoms with Gasteiger partial charge < -0.3 is 10.1 Å². The van der Waals surface area contributed by atoms with Crippen molar-refractivity contribution in [2.24, 2.45) is 0 Å². The summed E-state index contributed by atoms with van der Waals surface area (Å²) in [5.41, 5.74) is 1.76. The molecule has 0 spiro atoms. The number of halogens is 1. The van der Waals surface area contributed by atoms with Crippen molar-refractivity contribution in [3.05, 3.63) is 29.6 Å². The average Bonchev–Trinajstić information content (AvgIpc) is 2.13. The number of benzene rings is 1. The fraction of sp³-hybridized carbons (Fsp3) is 0.538. The average molecular weight is 225 g/mol. The lowest BCUT2D eigenvalue weighted by molar-refractivity contribution is 0.00333. The van der Waals surface area contributed by atoms with Gasteiger partial charge in [-0.05, 0) is 51.5 Å². The van der Waals surface area contributed by atoms with Crippen molar-refractivity contribution in [1.82, 2.24) is 0 Å². The Bertz CT molecular complexity index is 344. The summed E-state index contributed by atoms with van der Waals surface area (Å²) in [6.07, 6.45) is 0. The van der Waals surface area contributed by atoms with Crippen LogP contribution in [-0.2, 0) is 4.74 Å². The van der Waals surface area contributed by atoms with E-state index in [2.05, 4.69) is 5.32 Å².